The lowest BCUT2D eigenvalue weighted by Gasteiger charge is -2.37. The first-order chi connectivity index (χ1) is 8.53. The highest BCUT2D eigenvalue weighted by atomic mass is 16.5. The van der Waals surface area contributed by atoms with E-state index >= 15 is 0 Å². The molecule has 0 fully saturated rings. The minimum Gasteiger partial charge on any atom is -0.379 e. The standard InChI is InChI=1S/C13H26N2O3/c1-6-10(3)13(11(7-2)18-5)15(4)12(17)8-14-9-16/h9-11,13H,6-8H2,1-5H3,(H,14,16)/t10?,11-,13+/m1/s1. The van der Waals surface area contributed by atoms with Crippen molar-refractivity contribution in [2.75, 3.05) is 20.7 Å². The Morgan fingerprint density at radius 1 is 1.39 bits per heavy atom. The number of nitrogens with one attached hydrogen (secondary N) is 1. The van der Waals surface area contributed by atoms with E-state index in [1.807, 2.05) is 6.92 Å². The molecule has 0 bridgehead atoms. The quantitative estimate of drug-likeness (QED) is 0.628. The average Bonchev–Trinajstić information content (AvgIpc) is 2.40. The van der Waals surface area contributed by atoms with Gasteiger partial charge in [0.05, 0.1) is 18.7 Å². The SMILES string of the molecule is CCC(C)[C@@H]([C@@H](CC)OC)N(C)C(=O)CNC=O. The molecule has 5 nitrogen and oxygen atoms in total. The summed E-state index contributed by atoms with van der Waals surface area (Å²) in [7, 11) is 3.44. The van der Waals surface area contributed by atoms with Crippen molar-refractivity contribution in [2.24, 2.45) is 5.92 Å². The van der Waals surface area contributed by atoms with Crippen LogP contribution in [-0.4, -0.2) is 50.1 Å². The van der Waals surface area contributed by atoms with E-state index in [0.29, 0.717) is 12.3 Å². The second-order valence-electron chi connectivity index (χ2n) is 4.56. The summed E-state index contributed by atoms with van der Waals surface area (Å²) < 4.78 is 5.48. The smallest absolute Gasteiger partial charge is 0.242 e. The van der Waals surface area contributed by atoms with Crippen molar-refractivity contribution in [1.29, 1.82) is 0 Å². The van der Waals surface area contributed by atoms with Gasteiger partial charge in [0.25, 0.3) is 0 Å². The third-order valence-electron chi connectivity index (χ3n) is 3.49. The molecule has 0 aromatic carbocycles. The van der Waals surface area contributed by atoms with Crippen molar-refractivity contribution < 1.29 is 14.3 Å². The van der Waals surface area contributed by atoms with Crippen LogP contribution in [0.1, 0.15) is 33.6 Å². The molecule has 0 radical (unpaired) electrons. The maximum atomic E-state index is 11.9. The Balaban J connectivity index is 4.82. The lowest BCUT2D eigenvalue weighted by Crippen LogP contribution is -2.51. The van der Waals surface area contributed by atoms with Crippen LogP contribution < -0.4 is 5.32 Å². The first-order valence-corrected chi connectivity index (χ1v) is 6.48. The van der Waals surface area contributed by atoms with Crippen molar-refractivity contribution in [2.45, 2.75) is 45.8 Å². The zero-order valence-corrected chi connectivity index (χ0v) is 12.1. The molecule has 0 aromatic heterocycles. The number of rotatable bonds is 9. The van der Waals surface area contributed by atoms with E-state index in [-0.39, 0.29) is 24.6 Å². The molecule has 0 aliphatic carbocycles. The fraction of sp³-hybridized carbons (Fsp3) is 0.846. The predicted molar refractivity (Wildman–Crippen MR) is 71.2 cm³/mol. The van der Waals surface area contributed by atoms with Crippen LogP contribution in [0.5, 0.6) is 0 Å². The second-order valence-corrected chi connectivity index (χ2v) is 4.56. The molecule has 0 heterocycles. The number of nitrogens with zero attached hydrogens (tertiary/aromatic N) is 1. The van der Waals surface area contributed by atoms with Gasteiger partial charge < -0.3 is 15.0 Å². The Bertz CT molecular complexity index is 255. The Labute approximate surface area is 110 Å². The summed E-state index contributed by atoms with van der Waals surface area (Å²) in [5, 5.41) is 2.40. The van der Waals surface area contributed by atoms with Gasteiger partial charge in [-0.25, -0.2) is 0 Å². The summed E-state index contributed by atoms with van der Waals surface area (Å²) in [6, 6.07) is 0.0333. The van der Waals surface area contributed by atoms with Crippen LogP contribution in [0, 0.1) is 5.92 Å². The summed E-state index contributed by atoms with van der Waals surface area (Å²) >= 11 is 0. The molecule has 3 atom stereocenters. The van der Waals surface area contributed by atoms with Gasteiger partial charge in [0.15, 0.2) is 0 Å². The molecule has 5 heteroatoms. The fourth-order valence-electron chi connectivity index (χ4n) is 2.21. The van der Waals surface area contributed by atoms with Crippen LogP contribution in [0.3, 0.4) is 0 Å². The predicted octanol–water partition coefficient (Wildman–Crippen LogP) is 1.03. The summed E-state index contributed by atoms with van der Waals surface area (Å²) in [5.41, 5.74) is 0. The normalized spacial score (nSPS) is 15.6. The first-order valence-electron chi connectivity index (χ1n) is 6.48. The third-order valence-corrected chi connectivity index (χ3v) is 3.49. The lowest BCUT2D eigenvalue weighted by atomic mass is 9.91. The van der Waals surface area contributed by atoms with E-state index < -0.39 is 0 Å². The van der Waals surface area contributed by atoms with Gasteiger partial charge >= 0.3 is 0 Å². The highest BCUT2D eigenvalue weighted by Crippen LogP contribution is 2.21. The lowest BCUT2D eigenvalue weighted by molar-refractivity contribution is -0.136. The van der Waals surface area contributed by atoms with Gasteiger partial charge in [-0.15, -0.1) is 0 Å². The Kier molecular flexibility index (Phi) is 8.37. The molecule has 0 aliphatic heterocycles. The maximum Gasteiger partial charge on any atom is 0.242 e. The van der Waals surface area contributed by atoms with Crippen molar-refractivity contribution in [3.63, 3.8) is 0 Å². The molecule has 0 saturated carbocycles. The molecule has 1 N–H and O–H groups in total. The molecule has 0 spiro atoms. The van der Waals surface area contributed by atoms with Crippen LogP contribution in [-0.2, 0) is 14.3 Å². The van der Waals surface area contributed by atoms with Gasteiger partial charge in [0, 0.05) is 14.2 Å². The van der Waals surface area contributed by atoms with E-state index in [4.69, 9.17) is 4.74 Å². The van der Waals surface area contributed by atoms with E-state index in [9.17, 15) is 9.59 Å². The van der Waals surface area contributed by atoms with Crippen molar-refractivity contribution in [1.82, 2.24) is 10.2 Å². The highest BCUT2D eigenvalue weighted by molar-refractivity contribution is 5.80. The molecule has 18 heavy (non-hydrogen) atoms. The molecule has 1 unspecified atom stereocenters. The molecule has 0 rings (SSSR count). The van der Waals surface area contributed by atoms with Gasteiger partial charge in [-0.2, -0.15) is 0 Å². The third kappa shape index (κ3) is 4.64. The first kappa shape index (κ1) is 16.9. The van der Waals surface area contributed by atoms with Gasteiger partial charge in [-0.1, -0.05) is 27.2 Å². The number of amides is 2. The topological polar surface area (TPSA) is 58.6 Å². The van der Waals surface area contributed by atoms with Gasteiger partial charge in [0.1, 0.15) is 0 Å². The Morgan fingerprint density at radius 3 is 2.39 bits per heavy atom. The number of carbonyl (C=O) groups is 2. The Morgan fingerprint density at radius 2 is 2.00 bits per heavy atom. The number of carbonyl (C=O) groups excluding carboxylic acids is 2. The molecule has 106 valence electrons. The molecule has 0 aromatic rings. The van der Waals surface area contributed by atoms with Crippen molar-refractivity contribution >= 4 is 12.3 Å². The van der Waals surface area contributed by atoms with Crippen LogP contribution in [0.4, 0.5) is 0 Å². The zero-order chi connectivity index (χ0) is 14.1. The van der Waals surface area contributed by atoms with Crippen molar-refractivity contribution in [3.8, 4) is 0 Å². The van der Waals surface area contributed by atoms with Crippen molar-refractivity contribution in [3.05, 3.63) is 0 Å². The molecular formula is C13H26N2O3. The van der Waals surface area contributed by atoms with Gasteiger partial charge in [-0.3, -0.25) is 9.59 Å². The molecule has 2 amide bonds. The van der Waals surface area contributed by atoms with E-state index in [2.05, 4.69) is 19.2 Å². The molecule has 0 saturated heterocycles. The van der Waals surface area contributed by atoms with Gasteiger partial charge in [0.2, 0.25) is 12.3 Å². The monoisotopic (exact) mass is 258 g/mol. The summed E-state index contributed by atoms with van der Waals surface area (Å²) in [6.07, 6.45) is 2.38. The second kappa shape index (κ2) is 8.91. The van der Waals surface area contributed by atoms with Crippen LogP contribution >= 0.6 is 0 Å². The fourth-order valence-corrected chi connectivity index (χ4v) is 2.21. The zero-order valence-electron chi connectivity index (χ0n) is 12.1. The maximum absolute atomic E-state index is 11.9. The minimum absolute atomic E-state index is 0.0186. The van der Waals surface area contributed by atoms with E-state index in [0.717, 1.165) is 12.8 Å². The van der Waals surface area contributed by atoms with Gasteiger partial charge in [-0.05, 0) is 12.3 Å². The Hall–Kier alpha value is -1.10. The van der Waals surface area contributed by atoms with E-state index in [1.54, 1.807) is 19.1 Å². The number of ether oxygens (including phenoxy) is 1. The molecular weight excluding hydrogens is 232 g/mol. The number of methoxy groups -OCH3 is 1. The largest absolute Gasteiger partial charge is 0.379 e. The molecule has 0 aliphatic rings. The van der Waals surface area contributed by atoms with Crippen LogP contribution in [0.25, 0.3) is 0 Å². The number of hydrogen-bond donors (Lipinski definition) is 1. The minimum atomic E-state index is -0.0945. The van der Waals surface area contributed by atoms with Crippen LogP contribution in [0.15, 0.2) is 0 Å². The number of likely N-dealkylation sites (N-methyl/N-ethyl adjacent to an activating group) is 1. The number of hydrogen-bond acceptors (Lipinski definition) is 3. The average molecular weight is 258 g/mol. The summed E-state index contributed by atoms with van der Waals surface area (Å²) in [4.78, 5) is 23.9. The van der Waals surface area contributed by atoms with E-state index in [1.165, 1.54) is 0 Å². The summed E-state index contributed by atoms with van der Waals surface area (Å²) in [6.45, 7) is 6.30. The highest BCUT2D eigenvalue weighted by Gasteiger charge is 2.31. The van der Waals surface area contributed by atoms with Crippen LogP contribution in [0.2, 0.25) is 0 Å². The summed E-state index contributed by atoms with van der Waals surface area (Å²) in [5.74, 6) is 0.253.